The van der Waals surface area contributed by atoms with Crippen molar-refractivity contribution in [1.82, 2.24) is 0 Å². The van der Waals surface area contributed by atoms with E-state index in [1.807, 2.05) is 0 Å². The number of rotatable bonds is 6. The van der Waals surface area contributed by atoms with Crippen LogP contribution in [0.4, 0.5) is 4.39 Å². The fourth-order valence-electron chi connectivity index (χ4n) is 1.33. The molecule has 0 aliphatic rings. The van der Waals surface area contributed by atoms with Crippen LogP contribution in [0.1, 0.15) is 5.56 Å². The number of carboxylic acid groups (broad SMARTS) is 1. The van der Waals surface area contributed by atoms with Crippen molar-refractivity contribution in [2.45, 2.75) is 5.75 Å². The van der Waals surface area contributed by atoms with E-state index in [-0.39, 0.29) is 11.4 Å². The summed E-state index contributed by atoms with van der Waals surface area (Å²) in [5, 5.41) is 8.97. The number of allylic oxidation sites excluding steroid dienone is 1. The zero-order valence-corrected chi connectivity index (χ0v) is 10.5. The Hall–Kier alpha value is -1.81. The van der Waals surface area contributed by atoms with Gasteiger partial charge in [0.25, 0.3) is 0 Å². The number of thioether (sulfide) groups is 1. The second-order valence-corrected chi connectivity index (χ2v) is 4.43. The highest BCUT2D eigenvalue weighted by Crippen LogP contribution is 2.26. The minimum absolute atomic E-state index is 0.103. The Labute approximate surface area is 110 Å². The van der Waals surface area contributed by atoms with Gasteiger partial charge in [0.1, 0.15) is 5.82 Å². The topological polar surface area (TPSA) is 37.3 Å². The monoisotopic (exact) mass is 264 g/mol. The van der Waals surface area contributed by atoms with Gasteiger partial charge in [0.15, 0.2) is 0 Å². The van der Waals surface area contributed by atoms with Gasteiger partial charge in [-0.2, -0.15) is 0 Å². The molecule has 0 radical (unpaired) electrons. The number of carbonyl (C=O) groups is 1. The van der Waals surface area contributed by atoms with Crippen LogP contribution >= 0.6 is 11.8 Å². The van der Waals surface area contributed by atoms with Gasteiger partial charge in [-0.3, -0.25) is 0 Å². The van der Waals surface area contributed by atoms with E-state index in [4.69, 9.17) is 5.11 Å². The maximum Gasteiger partial charge on any atom is 0.336 e. The summed E-state index contributed by atoms with van der Waals surface area (Å²) in [6.07, 6.45) is 2.74. The summed E-state index contributed by atoms with van der Waals surface area (Å²) in [6.45, 7) is 7.04. The molecule has 0 aliphatic heterocycles. The lowest BCUT2D eigenvalue weighted by Crippen LogP contribution is -1.99. The number of hydrogen-bond acceptors (Lipinski definition) is 2. The van der Waals surface area contributed by atoms with Gasteiger partial charge >= 0.3 is 5.97 Å². The van der Waals surface area contributed by atoms with Crippen molar-refractivity contribution in [3.63, 3.8) is 0 Å². The van der Waals surface area contributed by atoms with E-state index >= 15 is 0 Å². The van der Waals surface area contributed by atoms with Crippen LogP contribution in [-0.2, 0) is 10.5 Å². The van der Waals surface area contributed by atoms with Crippen LogP contribution in [0.25, 0.3) is 0 Å². The van der Waals surface area contributed by atoms with Crippen molar-refractivity contribution in [2.75, 3.05) is 0 Å². The number of halogens is 1. The Morgan fingerprint density at radius 2 is 2.11 bits per heavy atom. The highest BCUT2D eigenvalue weighted by molar-refractivity contribution is 8.02. The highest BCUT2D eigenvalue weighted by atomic mass is 32.2. The Kier molecular flexibility index (Phi) is 5.39. The van der Waals surface area contributed by atoms with Crippen molar-refractivity contribution in [3.8, 4) is 0 Å². The van der Waals surface area contributed by atoms with E-state index in [1.165, 1.54) is 36.0 Å². The molecule has 0 saturated heterocycles. The molecule has 0 saturated carbocycles. The first kappa shape index (κ1) is 14.3. The van der Waals surface area contributed by atoms with Gasteiger partial charge in [-0.15, -0.1) is 11.8 Å². The maximum absolute atomic E-state index is 13.0. The predicted molar refractivity (Wildman–Crippen MR) is 72.8 cm³/mol. The van der Waals surface area contributed by atoms with Crippen LogP contribution in [0, 0.1) is 5.82 Å². The van der Waals surface area contributed by atoms with E-state index in [0.717, 1.165) is 5.56 Å². The molecule has 0 bridgehead atoms. The molecule has 0 aliphatic carbocycles. The number of hydrogen-bond donors (Lipinski definition) is 1. The van der Waals surface area contributed by atoms with Crippen molar-refractivity contribution in [3.05, 3.63) is 71.4 Å². The van der Waals surface area contributed by atoms with Gasteiger partial charge in [-0.1, -0.05) is 37.4 Å². The van der Waals surface area contributed by atoms with Gasteiger partial charge in [0.05, 0.1) is 5.57 Å². The second kappa shape index (κ2) is 6.81. The molecule has 0 spiro atoms. The zero-order valence-electron chi connectivity index (χ0n) is 9.73. The van der Waals surface area contributed by atoms with Crippen LogP contribution in [0.3, 0.4) is 0 Å². The summed E-state index contributed by atoms with van der Waals surface area (Å²) in [4.78, 5) is 11.5. The molecule has 0 atom stereocenters. The largest absolute Gasteiger partial charge is 0.478 e. The van der Waals surface area contributed by atoms with E-state index in [1.54, 1.807) is 12.1 Å². The summed E-state index contributed by atoms with van der Waals surface area (Å²) < 4.78 is 13.0. The molecule has 1 aromatic rings. The molecule has 0 amide bonds. The molecular formula is C14H13FO2S. The summed E-state index contributed by atoms with van der Waals surface area (Å²) in [7, 11) is 0. The van der Waals surface area contributed by atoms with Crippen LogP contribution in [0.2, 0.25) is 0 Å². The van der Waals surface area contributed by atoms with Crippen LogP contribution in [0.15, 0.2) is 60.1 Å². The predicted octanol–water partition coefficient (Wildman–Crippen LogP) is 3.77. The smallest absolute Gasteiger partial charge is 0.336 e. The standard InChI is InChI=1S/C14H13FO2S/c1-3-12(14(16)17)13(4-2)18-9-10-6-5-7-11(15)8-10/h3-8H,1-2,9H2,(H,16,17)/b13-12-. The molecule has 4 heteroatoms. The Morgan fingerprint density at radius 1 is 1.39 bits per heavy atom. The Bertz CT molecular complexity index is 506. The van der Waals surface area contributed by atoms with Gasteiger partial charge in [-0.25, -0.2) is 9.18 Å². The lowest BCUT2D eigenvalue weighted by Gasteiger charge is -2.05. The third-order valence-electron chi connectivity index (χ3n) is 2.17. The zero-order chi connectivity index (χ0) is 13.5. The molecule has 0 unspecified atom stereocenters. The lowest BCUT2D eigenvalue weighted by molar-refractivity contribution is -0.132. The average Bonchev–Trinajstić information content (AvgIpc) is 2.34. The van der Waals surface area contributed by atoms with Crippen molar-refractivity contribution in [2.24, 2.45) is 0 Å². The molecule has 94 valence electrons. The van der Waals surface area contributed by atoms with Crippen molar-refractivity contribution < 1.29 is 14.3 Å². The maximum atomic E-state index is 13.0. The third-order valence-corrected chi connectivity index (χ3v) is 3.34. The number of benzene rings is 1. The molecule has 0 aromatic heterocycles. The molecule has 1 aromatic carbocycles. The first-order valence-corrected chi connectivity index (χ1v) is 6.16. The number of aliphatic carboxylic acids is 1. The Morgan fingerprint density at radius 3 is 2.61 bits per heavy atom. The van der Waals surface area contributed by atoms with Gasteiger partial charge in [0.2, 0.25) is 0 Å². The summed E-state index contributed by atoms with van der Waals surface area (Å²) in [6, 6.07) is 6.19. The van der Waals surface area contributed by atoms with Crippen LogP contribution in [0.5, 0.6) is 0 Å². The fraction of sp³-hybridized carbons (Fsp3) is 0.0714. The van der Waals surface area contributed by atoms with Crippen molar-refractivity contribution in [1.29, 1.82) is 0 Å². The third kappa shape index (κ3) is 3.89. The molecule has 0 heterocycles. The van der Waals surface area contributed by atoms with Crippen LogP contribution < -0.4 is 0 Å². The van der Waals surface area contributed by atoms with Crippen molar-refractivity contribution >= 4 is 17.7 Å². The first-order valence-electron chi connectivity index (χ1n) is 5.18. The summed E-state index contributed by atoms with van der Waals surface area (Å²) in [5.74, 6) is -0.880. The average molecular weight is 264 g/mol. The molecule has 2 nitrogen and oxygen atoms in total. The van der Waals surface area contributed by atoms with Gasteiger partial charge in [0, 0.05) is 10.7 Å². The number of carboxylic acids is 1. The fourth-order valence-corrected chi connectivity index (χ4v) is 2.27. The van der Waals surface area contributed by atoms with E-state index in [9.17, 15) is 9.18 Å². The van der Waals surface area contributed by atoms with E-state index in [2.05, 4.69) is 13.2 Å². The summed E-state index contributed by atoms with van der Waals surface area (Å²) in [5.41, 5.74) is 0.888. The summed E-state index contributed by atoms with van der Waals surface area (Å²) >= 11 is 1.29. The molecule has 1 N–H and O–H groups in total. The molecule has 0 fully saturated rings. The minimum Gasteiger partial charge on any atom is -0.478 e. The SMILES string of the molecule is C=C/C(SCc1cccc(F)c1)=C(\C=C)C(=O)O. The molecular weight excluding hydrogens is 251 g/mol. The highest BCUT2D eigenvalue weighted by Gasteiger charge is 2.09. The lowest BCUT2D eigenvalue weighted by atomic mass is 10.2. The second-order valence-electron chi connectivity index (χ2n) is 3.41. The quantitative estimate of drug-likeness (QED) is 0.627. The molecule has 18 heavy (non-hydrogen) atoms. The van der Waals surface area contributed by atoms with Gasteiger partial charge in [-0.05, 0) is 17.7 Å². The Balaban J connectivity index is 2.85. The normalized spacial score (nSPS) is 11.6. The van der Waals surface area contributed by atoms with Crippen LogP contribution in [-0.4, -0.2) is 11.1 Å². The van der Waals surface area contributed by atoms with E-state index < -0.39 is 5.97 Å². The van der Waals surface area contributed by atoms with Gasteiger partial charge < -0.3 is 5.11 Å². The molecule has 1 rings (SSSR count). The minimum atomic E-state index is -1.05. The first-order chi connectivity index (χ1) is 8.58. The van der Waals surface area contributed by atoms with E-state index in [0.29, 0.717) is 10.7 Å².